The van der Waals surface area contributed by atoms with Crippen LogP contribution < -0.4 is 16.1 Å². The van der Waals surface area contributed by atoms with E-state index in [9.17, 15) is 4.79 Å². The lowest BCUT2D eigenvalue weighted by Crippen LogP contribution is -2.36. The van der Waals surface area contributed by atoms with E-state index in [0.717, 1.165) is 5.56 Å². The first-order chi connectivity index (χ1) is 12.3. The van der Waals surface area contributed by atoms with E-state index in [1.165, 1.54) is 6.07 Å². The molecule has 0 saturated heterocycles. The molecular weight excluding hydrogens is 391 g/mol. The highest BCUT2D eigenvalue weighted by atomic mass is 35.5. The molecule has 0 aliphatic heterocycles. The number of hydrazone groups is 1. The van der Waals surface area contributed by atoms with Crippen LogP contribution in [-0.2, 0) is 0 Å². The van der Waals surface area contributed by atoms with Gasteiger partial charge in [-0.2, -0.15) is 5.10 Å². The fraction of sp³-hybridized carbons (Fsp3) is 0.167. The van der Waals surface area contributed by atoms with E-state index < -0.39 is 0 Å². The molecule has 0 atom stereocenters. The van der Waals surface area contributed by atoms with Gasteiger partial charge in [0.05, 0.1) is 16.8 Å². The number of anilines is 1. The van der Waals surface area contributed by atoms with Gasteiger partial charge in [-0.25, -0.2) is 0 Å². The molecule has 0 aliphatic rings. The quantitative estimate of drug-likeness (QED) is 0.388. The first-order valence-electron chi connectivity index (χ1n) is 7.81. The number of carbonyl (C=O) groups is 1. The summed E-state index contributed by atoms with van der Waals surface area (Å²) in [5, 5.41) is 11.1. The Morgan fingerprint density at radius 2 is 1.96 bits per heavy atom. The SMILES string of the molecule is CC(C)NC(=S)N/N=C\c1cccc(NC(=O)c2ccc(Cl)cc2Cl)c1. The Hall–Kier alpha value is -2.15. The molecule has 5 nitrogen and oxygen atoms in total. The molecule has 2 aromatic rings. The number of thiocarbonyl (C=S) groups is 1. The number of rotatable bonds is 5. The number of hydrogen-bond acceptors (Lipinski definition) is 3. The largest absolute Gasteiger partial charge is 0.359 e. The van der Waals surface area contributed by atoms with Crippen molar-refractivity contribution in [3.8, 4) is 0 Å². The van der Waals surface area contributed by atoms with Crippen molar-refractivity contribution in [2.75, 3.05) is 5.32 Å². The van der Waals surface area contributed by atoms with Gasteiger partial charge in [-0.05, 0) is 62.0 Å². The molecule has 0 bridgehead atoms. The molecule has 26 heavy (non-hydrogen) atoms. The average molecular weight is 409 g/mol. The van der Waals surface area contributed by atoms with Crippen LogP contribution in [-0.4, -0.2) is 23.3 Å². The van der Waals surface area contributed by atoms with Gasteiger partial charge in [0.25, 0.3) is 5.91 Å². The Morgan fingerprint density at radius 1 is 1.19 bits per heavy atom. The smallest absolute Gasteiger partial charge is 0.257 e. The predicted octanol–water partition coefficient (Wildman–Crippen LogP) is 4.45. The summed E-state index contributed by atoms with van der Waals surface area (Å²) in [6.45, 7) is 3.97. The zero-order valence-corrected chi connectivity index (χ0v) is 16.5. The molecule has 0 radical (unpaired) electrons. The van der Waals surface area contributed by atoms with Crippen LogP contribution in [0, 0.1) is 0 Å². The van der Waals surface area contributed by atoms with Crippen molar-refractivity contribution >= 4 is 58.3 Å². The van der Waals surface area contributed by atoms with Crippen LogP contribution >= 0.6 is 35.4 Å². The third-order valence-corrected chi connectivity index (χ3v) is 3.88. The van der Waals surface area contributed by atoms with E-state index in [4.69, 9.17) is 35.4 Å². The minimum absolute atomic E-state index is 0.225. The van der Waals surface area contributed by atoms with Crippen molar-refractivity contribution in [3.05, 3.63) is 63.6 Å². The Labute approximate surface area is 167 Å². The van der Waals surface area contributed by atoms with Crippen LogP contribution in [0.15, 0.2) is 47.6 Å². The molecule has 0 aliphatic carbocycles. The molecule has 2 rings (SSSR count). The van der Waals surface area contributed by atoms with Crippen LogP contribution in [0.5, 0.6) is 0 Å². The fourth-order valence-electron chi connectivity index (χ4n) is 2.03. The maximum Gasteiger partial charge on any atom is 0.257 e. The summed E-state index contributed by atoms with van der Waals surface area (Å²) in [7, 11) is 0. The molecule has 0 saturated carbocycles. The minimum atomic E-state index is -0.318. The highest BCUT2D eigenvalue weighted by Gasteiger charge is 2.11. The number of nitrogens with zero attached hydrogens (tertiary/aromatic N) is 1. The fourth-order valence-corrected chi connectivity index (χ4v) is 2.81. The Morgan fingerprint density at radius 3 is 2.65 bits per heavy atom. The van der Waals surface area contributed by atoms with Crippen molar-refractivity contribution in [1.82, 2.24) is 10.7 Å². The van der Waals surface area contributed by atoms with Gasteiger partial charge in [-0.15, -0.1) is 0 Å². The van der Waals surface area contributed by atoms with E-state index in [-0.39, 0.29) is 11.9 Å². The molecule has 0 unspecified atom stereocenters. The summed E-state index contributed by atoms with van der Waals surface area (Å²) in [5.41, 5.74) is 4.50. The molecule has 1 amide bonds. The monoisotopic (exact) mass is 408 g/mol. The number of benzene rings is 2. The van der Waals surface area contributed by atoms with Gasteiger partial charge < -0.3 is 10.6 Å². The number of hydrogen-bond donors (Lipinski definition) is 3. The molecule has 0 spiro atoms. The molecule has 0 aromatic heterocycles. The summed E-state index contributed by atoms with van der Waals surface area (Å²) >= 11 is 17.0. The summed E-state index contributed by atoms with van der Waals surface area (Å²) in [4.78, 5) is 12.4. The van der Waals surface area contributed by atoms with E-state index in [1.54, 1.807) is 30.5 Å². The van der Waals surface area contributed by atoms with E-state index in [1.807, 2.05) is 26.0 Å². The van der Waals surface area contributed by atoms with Gasteiger partial charge in [0, 0.05) is 16.8 Å². The predicted molar refractivity (Wildman–Crippen MR) is 112 cm³/mol. The highest BCUT2D eigenvalue weighted by molar-refractivity contribution is 7.80. The second-order valence-electron chi connectivity index (χ2n) is 5.70. The molecule has 3 N–H and O–H groups in total. The Kier molecular flexibility index (Phi) is 7.38. The first-order valence-corrected chi connectivity index (χ1v) is 8.97. The van der Waals surface area contributed by atoms with Crippen LogP contribution in [0.3, 0.4) is 0 Å². The standard InChI is InChI=1S/C18H18Cl2N4OS/c1-11(2)22-18(26)24-21-10-12-4-3-5-14(8-12)23-17(25)15-7-6-13(19)9-16(15)20/h3-11H,1-2H3,(H,23,25)(H2,22,24,26)/b21-10-. The number of halogens is 2. The van der Waals surface area contributed by atoms with Gasteiger partial charge >= 0.3 is 0 Å². The minimum Gasteiger partial charge on any atom is -0.359 e. The van der Waals surface area contributed by atoms with Crippen molar-refractivity contribution in [2.24, 2.45) is 5.10 Å². The summed E-state index contributed by atoms with van der Waals surface area (Å²) < 4.78 is 0. The lowest BCUT2D eigenvalue weighted by Gasteiger charge is -2.09. The maximum atomic E-state index is 12.4. The molecule has 0 fully saturated rings. The Balaban J connectivity index is 2.02. The molecule has 8 heteroatoms. The summed E-state index contributed by atoms with van der Waals surface area (Å²) in [6.07, 6.45) is 1.61. The molecule has 0 heterocycles. The number of nitrogens with one attached hydrogen (secondary N) is 3. The van der Waals surface area contributed by atoms with Crippen molar-refractivity contribution in [3.63, 3.8) is 0 Å². The van der Waals surface area contributed by atoms with Crippen LogP contribution in [0.1, 0.15) is 29.8 Å². The second-order valence-corrected chi connectivity index (χ2v) is 6.95. The summed E-state index contributed by atoms with van der Waals surface area (Å²) in [6, 6.07) is 12.2. The zero-order valence-electron chi connectivity index (χ0n) is 14.2. The lowest BCUT2D eigenvalue weighted by atomic mass is 10.2. The van der Waals surface area contributed by atoms with Gasteiger partial charge in [-0.3, -0.25) is 10.2 Å². The van der Waals surface area contributed by atoms with E-state index in [0.29, 0.717) is 26.4 Å². The molecular formula is C18H18Cl2N4OS. The normalized spacial score (nSPS) is 10.8. The van der Waals surface area contributed by atoms with Crippen LogP contribution in [0.4, 0.5) is 5.69 Å². The van der Waals surface area contributed by atoms with Crippen LogP contribution in [0.2, 0.25) is 10.0 Å². The van der Waals surface area contributed by atoms with Crippen molar-refractivity contribution in [2.45, 2.75) is 19.9 Å². The Bertz CT molecular complexity index is 840. The van der Waals surface area contributed by atoms with Crippen LogP contribution in [0.25, 0.3) is 0 Å². The first kappa shape index (κ1) is 20.2. The number of amides is 1. The maximum absolute atomic E-state index is 12.4. The van der Waals surface area contributed by atoms with Crippen molar-refractivity contribution < 1.29 is 4.79 Å². The summed E-state index contributed by atoms with van der Waals surface area (Å²) in [5.74, 6) is -0.318. The third-order valence-electron chi connectivity index (χ3n) is 3.12. The van der Waals surface area contributed by atoms with E-state index in [2.05, 4.69) is 21.2 Å². The van der Waals surface area contributed by atoms with Gasteiger partial charge in [0.15, 0.2) is 5.11 Å². The number of carbonyl (C=O) groups excluding carboxylic acids is 1. The van der Waals surface area contributed by atoms with Gasteiger partial charge in [-0.1, -0.05) is 35.3 Å². The second kappa shape index (κ2) is 9.52. The topological polar surface area (TPSA) is 65.5 Å². The van der Waals surface area contributed by atoms with Gasteiger partial charge in [0.2, 0.25) is 0 Å². The lowest BCUT2D eigenvalue weighted by molar-refractivity contribution is 0.102. The van der Waals surface area contributed by atoms with E-state index >= 15 is 0 Å². The zero-order chi connectivity index (χ0) is 19.1. The van der Waals surface area contributed by atoms with Gasteiger partial charge in [0.1, 0.15) is 0 Å². The van der Waals surface area contributed by atoms with Crippen molar-refractivity contribution in [1.29, 1.82) is 0 Å². The molecule has 2 aromatic carbocycles. The average Bonchev–Trinajstić information content (AvgIpc) is 2.54. The molecule has 136 valence electrons. The third kappa shape index (κ3) is 6.29. The highest BCUT2D eigenvalue weighted by Crippen LogP contribution is 2.22.